The van der Waals surface area contributed by atoms with Crippen molar-refractivity contribution in [3.05, 3.63) is 88.6 Å². The number of hydrogen-bond donors (Lipinski definition) is 1. The minimum atomic E-state index is -4.65. The molecule has 0 spiro atoms. The summed E-state index contributed by atoms with van der Waals surface area (Å²) in [6.45, 7) is 4.75. The van der Waals surface area contributed by atoms with Gasteiger partial charge in [-0.25, -0.2) is 18.5 Å². The minimum absolute atomic E-state index is 0.0216. The molecule has 14 nitrogen and oxygen atoms in total. The molecule has 0 saturated carbocycles. The number of unbranched alkanes of at least 4 members (excludes halogenated alkanes) is 13. The summed E-state index contributed by atoms with van der Waals surface area (Å²) in [6, 6.07) is 18.1. The highest BCUT2D eigenvalue weighted by atomic mass is 35.5. The number of phosphoric acid groups is 1. The van der Waals surface area contributed by atoms with Gasteiger partial charge in [0.15, 0.2) is 11.6 Å². The molecule has 0 radical (unpaired) electrons. The predicted molar refractivity (Wildman–Crippen MR) is 240 cm³/mol. The molecule has 6 rings (SSSR count). The molecule has 0 amide bonds. The van der Waals surface area contributed by atoms with Crippen LogP contribution in [-0.2, 0) is 39.2 Å². The van der Waals surface area contributed by atoms with Crippen LogP contribution in [0.3, 0.4) is 0 Å². The number of aromatic nitrogens is 3. The van der Waals surface area contributed by atoms with E-state index in [0.29, 0.717) is 23.2 Å². The van der Waals surface area contributed by atoms with Crippen LogP contribution in [0, 0.1) is 28.5 Å². The fourth-order valence-corrected chi connectivity index (χ4v) is 9.77. The fourth-order valence-electron chi connectivity index (χ4n) is 8.26. The molecule has 346 valence electrons. The average Bonchev–Trinajstić information content (AvgIpc) is 3.94. The summed E-state index contributed by atoms with van der Waals surface area (Å²) >= 11 is 6.47. The summed E-state index contributed by atoms with van der Waals surface area (Å²) in [6.07, 6.45) is 15.3. The van der Waals surface area contributed by atoms with E-state index in [1.54, 1.807) is 54.8 Å². The van der Waals surface area contributed by atoms with Crippen molar-refractivity contribution in [3.8, 4) is 17.9 Å². The van der Waals surface area contributed by atoms with Gasteiger partial charge in [-0.15, -0.1) is 0 Å². The topological polar surface area (TPSA) is 185 Å². The van der Waals surface area contributed by atoms with Crippen molar-refractivity contribution in [1.82, 2.24) is 14.6 Å². The third-order valence-electron chi connectivity index (χ3n) is 11.6. The van der Waals surface area contributed by atoms with Gasteiger partial charge >= 0.3 is 7.82 Å². The van der Waals surface area contributed by atoms with E-state index in [4.69, 9.17) is 49.9 Å². The molecule has 2 aromatic carbocycles. The van der Waals surface area contributed by atoms with Gasteiger partial charge in [-0.05, 0) is 68.3 Å². The average molecular weight is 923 g/mol. The molecule has 64 heavy (non-hydrogen) atoms. The summed E-state index contributed by atoms with van der Waals surface area (Å²) in [5.74, 6) is -1.41. The third kappa shape index (κ3) is 13.2. The fraction of sp³-hybridized carbons (Fsp3) is 0.574. The van der Waals surface area contributed by atoms with Gasteiger partial charge < -0.3 is 29.2 Å². The van der Waals surface area contributed by atoms with Crippen molar-refractivity contribution in [2.45, 2.75) is 159 Å². The zero-order valence-electron chi connectivity index (χ0n) is 37.1. The Kier molecular flexibility index (Phi) is 18.0. The van der Waals surface area contributed by atoms with Gasteiger partial charge in [0.2, 0.25) is 5.60 Å². The van der Waals surface area contributed by atoms with Gasteiger partial charge in [0.1, 0.15) is 54.4 Å². The Morgan fingerprint density at radius 1 is 0.922 bits per heavy atom. The molecular formula is C47H61ClFN6O8P. The number of nitrogen functional groups attached to an aromatic ring is 1. The molecule has 2 N–H and O–H groups in total. The number of nitriles is 2. The quantitative estimate of drug-likeness (QED) is 0.0440. The first-order valence-electron chi connectivity index (χ1n) is 22.6. The largest absolute Gasteiger partial charge is 0.530 e. The second-order valence-electron chi connectivity index (χ2n) is 17.1. The number of halogens is 2. The van der Waals surface area contributed by atoms with E-state index >= 15 is 0 Å². The first kappa shape index (κ1) is 49.3. The molecule has 0 bridgehead atoms. The molecule has 17 heteroatoms. The van der Waals surface area contributed by atoms with E-state index in [9.17, 15) is 19.5 Å². The zero-order valence-corrected chi connectivity index (χ0v) is 38.7. The molecule has 2 saturated heterocycles. The van der Waals surface area contributed by atoms with Crippen molar-refractivity contribution in [2.24, 2.45) is 0 Å². The SMILES string of the molecule is CCCCCCCCCCCCCCCC[C@H](COP(=O)(OC[C@@]1(C#N)O[C@@H](c2ccc3c(N)ncnn23)[C@@H]2OC(C)(C)O[C@@H]21)Oc1ccccc1Cl)OCc1cc(F)cc(C#N)c1. The molecule has 0 aliphatic carbocycles. The van der Waals surface area contributed by atoms with E-state index in [-0.39, 0.29) is 35.4 Å². The van der Waals surface area contributed by atoms with Crippen molar-refractivity contribution < 1.29 is 41.5 Å². The van der Waals surface area contributed by atoms with E-state index in [1.807, 2.05) is 6.07 Å². The molecule has 6 atom stereocenters. The second-order valence-corrected chi connectivity index (χ2v) is 19.1. The standard InChI is InChI=1S/C47H61ClFN6O8P/c1-4-5-6-7-8-9-10-11-12-13-14-15-16-17-20-37(57-29-35-25-34(28-50)26-36(49)27-35)30-58-64(56,63-41-22-19-18-21-38(41)48)59-32-47(31-51)44-43(60-46(2,3)62-44)42(61-47)39-23-24-40-45(52)53-33-54-55(39)40/h18-19,21-27,33,37,42-44H,4-17,20,29-30,32H2,1-3H3,(H2,52,53,54)/t37-,42+,43+,44+,47-,64?/m1/s1. The van der Waals surface area contributed by atoms with Gasteiger partial charge in [0.25, 0.3) is 0 Å². The van der Waals surface area contributed by atoms with Gasteiger partial charge in [0.05, 0.1) is 41.7 Å². The number of phosphoric ester groups is 1. The number of benzene rings is 2. The number of para-hydroxylation sites is 1. The summed E-state index contributed by atoms with van der Waals surface area (Å²) in [7, 11) is -4.65. The van der Waals surface area contributed by atoms with Gasteiger partial charge in [-0.2, -0.15) is 15.6 Å². The van der Waals surface area contributed by atoms with Crippen LogP contribution in [0.15, 0.2) is 60.9 Å². The van der Waals surface area contributed by atoms with E-state index in [1.165, 1.54) is 82.7 Å². The number of hydrogen-bond acceptors (Lipinski definition) is 13. The highest BCUT2D eigenvalue weighted by molar-refractivity contribution is 7.49. The van der Waals surface area contributed by atoms with Crippen molar-refractivity contribution in [3.63, 3.8) is 0 Å². The molecular weight excluding hydrogens is 862 g/mol. The molecule has 2 aromatic heterocycles. The molecule has 1 unspecified atom stereocenters. The van der Waals surface area contributed by atoms with E-state index in [0.717, 1.165) is 31.7 Å². The summed E-state index contributed by atoms with van der Waals surface area (Å²) in [5, 5.41) is 24.8. The monoisotopic (exact) mass is 922 g/mol. The lowest BCUT2D eigenvalue weighted by Crippen LogP contribution is -2.46. The maximum absolute atomic E-state index is 14.9. The number of nitrogens with two attached hydrogens (primary N) is 1. The zero-order chi connectivity index (χ0) is 45.6. The number of fused-ring (bicyclic) bond motifs is 2. The lowest BCUT2D eigenvalue weighted by Gasteiger charge is -2.30. The van der Waals surface area contributed by atoms with Crippen LogP contribution in [0.1, 0.15) is 140 Å². The number of ether oxygens (including phenoxy) is 4. The van der Waals surface area contributed by atoms with Crippen molar-refractivity contribution in [2.75, 3.05) is 18.9 Å². The van der Waals surface area contributed by atoms with Crippen molar-refractivity contribution in [1.29, 1.82) is 10.5 Å². The molecule has 4 aromatic rings. The lowest BCUT2D eigenvalue weighted by atomic mass is 9.96. The highest BCUT2D eigenvalue weighted by Crippen LogP contribution is 2.55. The Morgan fingerprint density at radius 2 is 1.61 bits per heavy atom. The first-order chi connectivity index (χ1) is 30.9. The molecule has 4 heterocycles. The lowest BCUT2D eigenvalue weighted by molar-refractivity contribution is -0.204. The molecule has 2 fully saturated rings. The predicted octanol–water partition coefficient (Wildman–Crippen LogP) is 11.5. The molecule has 2 aliphatic heterocycles. The maximum atomic E-state index is 14.9. The van der Waals surface area contributed by atoms with Gasteiger partial charge in [-0.3, -0.25) is 9.05 Å². The first-order valence-corrected chi connectivity index (χ1v) is 24.4. The Labute approximate surface area is 381 Å². The number of anilines is 1. The summed E-state index contributed by atoms with van der Waals surface area (Å²) < 4.78 is 74.3. The smallest absolute Gasteiger partial charge is 0.402 e. The number of rotatable bonds is 27. The normalized spacial score (nSPS) is 21.6. The Morgan fingerprint density at radius 3 is 2.28 bits per heavy atom. The minimum Gasteiger partial charge on any atom is -0.402 e. The third-order valence-corrected chi connectivity index (χ3v) is 13.2. The number of nitrogens with zero attached hydrogens (tertiary/aromatic N) is 5. The van der Waals surface area contributed by atoms with Gasteiger partial charge in [0, 0.05) is 0 Å². The van der Waals surface area contributed by atoms with Crippen LogP contribution in [0.2, 0.25) is 5.02 Å². The highest BCUT2D eigenvalue weighted by Gasteiger charge is 2.65. The Balaban J connectivity index is 1.14. The van der Waals surface area contributed by atoms with Crippen LogP contribution in [0.25, 0.3) is 5.52 Å². The van der Waals surface area contributed by atoms with Crippen molar-refractivity contribution >= 4 is 30.8 Å². The van der Waals surface area contributed by atoms with Crippen LogP contribution in [0.5, 0.6) is 5.75 Å². The van der Waals surface area contributed by atoms with Gasteiger partial charge in [-0.1, -0.05) is 121 Å². The summed E-state index contributed by atoms with van der Waals surface area (Å²) in [5.41, 5.74) is 5.91. The van der Waals surface area contributed by atoms with Crippen LogP contribution < -0.4 is 10.3 Å². The van der Waals surface area contributed by atoms with Crippen LogP contribution in [0.4, 0.5) is 10.2 Å². The summed E-state index contributed by atoms with van der Waals surface area (Å²) in [4.78, 5) is 4.07. The van der Waals surface area contributed by atoms with E-state index < -0.39 is 56.1 Å². The maximum Gasteiger partial charge on any atom is 0.530 e. The van der Waals surface area contributed by atoms with Crippen LogP contribution in [-0.4, -0.2) is 57.5 Å². The van der Waals surface area contributed by atoms with E-state index in [2.05, 4.69) is 23.1 Å². The van der Waals surface area contributed by atoms with Crippen LogP contribution >= 0.6 is 19.4 Å². The Bertz CT molecular complexity index is 2270. The second kappa shape index (κ2) is 23.3. The molecule has 2 aliphatic rings. The Hall–Kier alpha value is -4.15.